The summed E-state index contributed by atoms with van der Waals surface area (Å²) in [5.74, 6) is 1.13. The highest BCUT2D eigenvalue weighted by Gasteiger charge is 2.33. The number of amides is 2. The van der Waals surface area contributed by atoms with Crippen LogP contribution in [0.2, 0.25) is 0 Å². The Labute approximate surface area is 286 Å². The van der Waals surface area contributed by atoms with Crippen LogP contribution >= 0.6 is 0 Å². The highest BCUT2D eigenvalue weighted by atomic mass is 16.5. The van der Waals surface area contributed by atoms with Crippen LogP contribution < -0.4 is 14.8 Å². The van der Waals surface area contributed by atoms with Crippen molar-refractivity contribution in [2.45, 2.75) is 70.3 Å². The molecule has 8 bridgehead atoms. The van der Waals surface area contributed by atoms with E-state index in [0.29, 0.717) is 37.8 Å². The van der Waals surface area contributed by atoms with Gasteiger partial charge in [0.2, 0.25) is 11.8 Å². The van der Waals surface area contributed by atoms with Gasteiger partial charge in [-0.15, -0.1) is 5.10 Å². The number of carbonyl (C=O) groups is 2. The van der Waals surface area contributed by atoms with Crippen LogP contribution in [0.25, 0.3) is 11.1 Å². The van der Waals surface area contributed by atoms with E-state index in [-0.39, 0.29) is 24.3 Å². The molecule has 9 heteroatoms. The lowest BCUT2D eigenvalue weighted by Crippen LogP contribution is -2.47. The molecule has 250 valence electrons. The molecule has 0 radical (unpaired) electrons. The normalized spacial score (nSPS) is 17.3. The number of aromatic nitrogens is 3. The second kappa shape index (κ2) is 15.2. The highest BCUT2D eigenvalue weighted by molar-refractivity contribution is 5.90. The van der Waals surface area contributed by atoms with E-state index >= 15 is 0 Å². The predicted octanol–water partition coefficient (Wildman–Crippen LogP) is 6.68. The van der Waals surface area contributed by atoms with Crippen LogP contribution in [0.3, 0.4) is 0 Å². The lowest BCUT2D eigenvalue weighted by Gasteiger charge is -2.34. The summed E-state index contributed by atoms with van der Waals surface area (Å²) >= 11 is 0. The monoisotopic (exact) mass is 655 g/mol. The Kier molecular flexibility index (Phi) is 9.96. The summed E-state index contributed by atoms with van der Waals surface area (Å²) in [4.78, 5) is 30.6. The number of hydrogen-bond donors (Lipinski definition) is 1. The highest BCUT2D eigenvalue weighted by Crippen LogP contribution is 2.31. The summed E-state index contributed by atoms with van der Waals surface area (Å²) in [7, 11) is 0. The van der Waals surface area contributed by atoms with Crippen LogP contribution in [0, 0.1) is 0 Å². The van der Waals surface area contributed by atoms with Crippen LogP contribution in [-0.4, -0.2) is 44.4 Å². The third-order valence-electron chi connectivity index (χ3n) is 9.26. The van der Waals surface area contributed by atoms with Gasteiger partial charge >= 0.3 is 0 Å². The van der Waals surface area contributed by atoms with Crippen molar-refractivity contribution in [2.24, 2.45) is 0 Å². The molecule has 9 nitrogen and oxygen atoms in total. The molecule has 1 fully saturated rings. The first-order valence-corrected chi connectivity index (χ1v) is 17.2. The third kappa shape index (κ3) is 8.17. The van der Waals surface area contributed by atoms with Crippen molar-refractivity contribution in [3.8, 4) is 22.6 Å². The van der Waals surface area contributed by atoms with Gasteiger partial charge in [0.15, 0.2) is 0 Å². The Bertz CT molecular complexity index is 1850. The molecule has 5 heterocycles. The first-order valence-electron chi connectivity index (χ1n) is 17.2. The first-order chi connectivity index (χ1) is 24.1. The number of carbonyl (C=O) groups excluding carboxylic acids is 2. The maximum atomic E-state index is 14.4. The largest absolute Gasteiger partial charge is 0.492 e. The van der Waals surface area contributed by atoms with Gasteiger partial charge in [0, 0.05) is 12.6 Å². The van der Waals surface area contributed by atoms with Gasteiger partial charge in [0.05, 0.1) is 19.2 Å². The van der Waals surface area contributed by atoms with Crippen molar-refractivity contribution in [1.82, 2.24) is 25.2 Å². The molecule has 1 N–H and O–H groups in total. The predicted molar refractivity (Wildman–Crippen MR) is 187 cm³/mol. The minimum atomic E-state index is -0.825. The summed E-state index contributed by atoms with van der Waals surface area (Å²) in [5.41, 5.74) is 5.21. The molecule has 1 unspecified atom stereocenters. The van der Waals surface area contributed by atoms with E-state index in [1.807, 2.05) is 109 Å². The van der Waals surface area contributed by atoms with Crippen LogP contribution in [0.1, 0.15) is 60.5 Å². The van der Waals surface area contributed by atoms with Gasteiger partial charge in [-0.25, -0.2) is 4.68 Å². The van der Waals surface area contributed by atoms with Crippen molar-refractivity contribution in [1.29, 1.82) is 0 Å². The number of benzene rings is 4. The topological polar surface area (TPSA) is 98.6 Å². The van der Waals surface area contributed by atoms with Gasteiger partial charge in [-0.2, -0.15) is 0 Å². The fraction of sp³-hybridized carbons (Fsp3) is 0.300. The molecule has 49 heavy (non-hydrogen) atoms. The molecule has 2 amide bonds. The zero-order valence-corrected chi connectivity index (χ0v) is 27.5. The maximum absolute atomic E-state index is 14.4. The number of nitrogens with one attached hydrogen (secondary N) is 1. The smallest absolute Gasteiger partial charge is 0.247 e. The second-order valence-electron chi connectivity index (χ2n) is 12.8. The second-order valence-corrected chi connectivity index (χ2v) is 12.8. The minimum Gasteiger partial charge on any atom is -0.492 e. The quantitative estimate of drug-likeness (QED) is 0.232. The van der Waals surface area contributed by atoms with Gasteiger partial charge in [-0.05, 0) is 71.0 Å². The first kappa shape index (κ1) is 32.1. The number of hydrogen-bond acceptors (Lipinski definition) is 6. The van der Waals surface area contributed by atoms with Gasteiger partial charge in [-0.1, -0.05) is 97.3 Å². The van der Waals surface area contributed by atoms with Crippen molar-refractivity contribution in [3.63, 3.8) is 0 Å². The van der Waals surface area contributed by atoms with Crippen LogP contribution in [0.15, 0.2) is 109 Å². The average Bonchev–Trinajstić information content (AvgIpc) is 3.59. The fourth-order valence-electron chi connectivity index (χ4n) is 6.64. The standard InChI is InChI=1S/C40H41N5O4/c46-38-24-29-14-18-36(19-15-29)48-23-22-44-27-35(42-43-44)28-49-37-20-16-31(17-21-37)32-10-7-11-33(25-32)39(40(47)41-34-12-5-2-6-13-34)45(38)26-30-8-3-1-4-9-30/h1,3-4,7-11,14-21,25,27,34,39H,2,5-6,12-13,22-24,26,28H2,(H,41,47). The summed E-state index contributed by atoms with van der Waals surface area (Å²) in [6.45, 7) is 1.52. The third-order valence-corrected chi connectivity index (χ3v) is 9.26. The van der Waals surface area contributed by atoms with Crippen LogP contribution in [0.5, 0.6) is 11.5 Å². The lowest BCUT2D eigenvalue weighted by molar-refractivity contribution is -0.141. The van der Waals surface area contributed by atoms with Crippen molar-refractivity contribution < 1.29 is 19.1 Å². The van der Waals surface area contributed by atoms with E-state index in [0.717, 1.165) is 59.2 Å². The molecular formula is C40H41N5O4. The number of nitrogens with zero attached hydrogens (tertiary/aromatic N) is 4. The maximum Gasteiger partial charge on any atom is 0.247 e. The Balaban J connectivity index is 1.27. The zero-order chi connectivity index (χ0) is 33.4. The zero-order valence-electron chi connectivity index (χ0n) is 27.5. The number of rotatable bonds is 4. The van der Waals surface area contributed by atoms with E-state index < -0.39 is 6.04 Å². The van der Waals surface area contributed by atoms with Gasteiger partial charge in [-0.3, -0.25) is 9.59 Å². The SMILES string of the molecule is O=C(NC1CCCCC1)C1c2cccc(c2)-c2ccc(cc2)OCc2cn(nn2)CCOc2ccc(cc2)CC(=O)N1Cc1ccccc1. The molecule has 1 saturated carbocycles. The van der Waals surface area contributed by atoms with Crippen LogP contribution in [0.4, 0.5) is 0 Å². The van der Waals surface area contributed by atoms with E-state index in [4.69, 9.17) is 9.47 Å². The van der Waals surface area contributed by atoms with E-state index in [1.165, 1.54) is 6.42 Å². The molecule has 5 aromatic rings. The summed E-state index contributed by atoms with van der Waals surface area (Å²) < 4.78 is 13.7. The summed E-state index contributed by atoms with van der Waals surface area (Å²) in [6, 6.07) is 32.6. The van der Waals surface area contributed by atoms with Crippen LogP contribution in [-0.2, 0) is 35.7 Å². The Morgan fingerprint density at radius 3 is 2.37 bits per heavy atom. The van der Waals surface area contributed by atoms with E-state index in [2.05, 4.69) is 15.6 Å². The summed E-state index contributed by atoms with van der Waals surface area (Å²) in [5, 5.41) is 11.8. The molecule has 1 atom stereocenters. The lowest BCUT2D eigenvalue weighted by atomic mass is 9.93. The Morgan fingerprint density at radius 2 is 1.57 bits per heavy atom. The molecule has 1 aromatic heterocycles. The van der Waals surface area contributed by atoms with Gasteiger partial charge in [0.25, 0.3) is 0 Å². The fourth-order valence-corrected chi connectivity index (χ4v) is 6.64. The van der Waals surface area contributed by atoms with Crippen molar-refractivity contribution in [2.75, 3.05) is 6.61 Å². The molecule has 10 rings (SSSR count). The molecule has 5 aliphatic rings. The molecule has 1 aliphatic carbocycles. The van der Waals surface area contributed by atoms with Crippen molar-refractivity contribution in [3.05, 3.63) is 132 Å². The van der Waals surface area contributed by atoms with Crippen molar-refractivity contribution >= 4 is 11.8 Å². The Morgan fingerprint density at radius 1 is 0.816 bits per heavy atom. The van der Waals surface area contributed by atoms with E-state index in [9.17, 15) is 9.59 Å². The molecule has 4 aliphatic heterocycles. The molecule has 0 spiro atoms. The molecular weight excluding hydrogens is 614 g/mol. The number of ether oxygens (including phenoxy) is 2. The minimum absolute atomic E-state index is 0.0981. The summed E-state index contributed by atoms with van der Waals surface area (Å²) in [6.07, 6.45) is 7.27. The molecule has 0 saturated heterocycles. The van der Waals surface area contributed by atoms with Gasteiger partial charge in [0.1, 0.15) is 36.4 Å². The average molecular weight is 656 g/mol. The van der Waals surface area contributed by atoms with Gasteiger partial charge < -0.3 is 19.7 Å². The molecule has 4 aromatic carbocycles. The van der Waals surface area contributed by atoms with E-state index in [1.54, 1.807) is 9.58 Å². The Hall–Kier alpha value is -5.44.